The highest BCUT2D eigenvalue weighted by Crippen LogP contribution is 2.59. The zero-order chi connectivity index (χ0) is 29.2. The Bertz CT molecular complexity index is 1140. The lowest BCUT2D eigenvalue weighted by molar-refractivity contribution is -0.142. The van der Waals surface area contributed by atoms with Gasteiger partial charge in [-0.15, -0.1) is 0 Å². The van der Waals surface area contributed by atoms with E-state index < -0.39 is 66.6 Å². The van der Waals surface area contributed by atoms with E-state index in [1.165, 1.54) is 40.8 Å². The number of anilines is 1. The van der Waals surface area contributed by atoms with E-state index in [1.54, 1.807) is 13.8 Å². The second kappa shape index (κ2) is 11.9. The quantitative estimate of drug-likeness (QED) is 0.189. The van der Waals surface area contributed by atoms with Gasteiger partial charge in [0.1, 0.15) is 24.6 Å². The van der Waals surface area contributed by atoms with Gasteiger partial charge in [0.25, 0.3) is 0 Å². The number of hydrogen-bond acceptors (Lipinski definition) is 11. The van der Waals surface area contributed by atoms with Crippen LogP contribution in [0.3, 0.4) is 0 Å². The van der Waals surface area contributed by atoms with Crippen LogP contribution in [0.2, 0.25) is 0 Å². The Labute approximate surface area is 220 Å². The maximum atomic E-state index is 12.9. The minimum atomic E-state index is -4.57. The summed E-state index contributed by atoms with van der Waals surface area (Å²) in [7, 11) is -4.57. The predicted octanol–water partition coefficient (Wildman–Crippen LogP) is 1.01. The zero-order valence-corrected chi connectivity index (χ0v) is 23.5. The van der Waals surface area contributed by atoms with Crippen molar-refractivity contribution >= 4 is 25.3 Å². The number of nitrogens with zero attached hydrogens (tertiary/aromatic N) is 2. The standard InChI is InChI=1S/C23H38N3O11P/c1-8-22(6,37-38(33,34)23(7,32)9-2)12(3)18-16(29)17(30)20(36-18)26-10-15(11-35-14(5)28)19(24-13(4)27)25-21(26)31/h10,12,16-18,20,29-30,32H,8-9,11H2,1-7H3,(H,33,34)(H,24,25,27,31)/t12?,16-,17+,18+,20+,22?,23+/m0/s1. The molecule has 0 aliphatic carbocycles. The van der Waals surface area contributed by atoms with Crippen LogP contribution in [0.1, 0.15) is 73.1 Å². The fourth-order valence-electron chi connectivity index (χ4n) is 3.98. The van der Waals surface area contributed by atoms with Gasteiger partial charge >= 0.3 is 19.3 Å². The molecule has 38 heavy (non-hydrogen) atoms. The third-order valence-electron chi connectivity index (χ3n) is 7.07. The van der Waals surface area contributed by atoms with Crippen molar-refractivity contribution in [1.29, 1.82) is 0 Å². The van der Waals surface area contributed by atoms with Crippen molar-refractivity contribution in [1.82, 2.24) is 9.55 Å². The van der Waals surface area contributed by atoms with Gasteiger partial charge in [0, 0.05) is 31.5 Å². The van der Waals surface area contributed by atoms with E-state index in [2.05, 4.69) is 10.3 Å². The molecule has 1 aromatic heterocycles. The minimum absolute atomic E-state index is 0.0572. The van der Waals surface area contributed by atoms with E-state index >= 15 is 0 Å². The molecule has 14 nitrogen and oxygen atoms in total. The van der Waals surface area contributed by atoms with Gasteiger partial charge in [-0.05, 0) is 26.7 Å². The highest BCUT2D eigenvalue weighted by Gasteiger charge is 2.54. The van der Waals surface area contributed by atoms with E-state index in [4.69, 9.17) is 14.0 Å². The van der Waals surface area contributed by atoms with Gasteiger partial charge in [-0.1, -0.05) is 20.8 Å². The van der Waals surface area contributed by atoms with Gasteiger partial charge in [-0.3, -0.25) is 23.2 Å². The molecule has 15 heteroatoms. The summed E-state index contributed by atoms with van der Waals surface area (Å²) < 4.78 is 30.3. The van der Waals surface area contributed by atoms with Crippen LogP contribution in [0.15, 0.2) is 11.0 Å². The summed E-state index contributed by atoms with van der Waals surface area (Å²) in [5.74, 6) is -2.12. The molecule has 2 heterocycles. The lowest BCUT2D eigenvalue weighted by Gasteiger charge is -2.41. The summed E-state index contributed by atoms with van der Waals surface area (Å²) in [6.07, 6.45) is -4.49. The fraction of sp³-hybridized carbons (Fsp3) is 0.739. The molecule has 1 aliphatic heterocycles. The van der Waals surface area contributed by atoms with Crippen LogP contribution in [0.25, 0.3) is 0 Å². The third kappa shape index (κ3) is 6.68. The lowest BCUT2D eigenvalue weighted by Crippen LogP contribution is -2.47. The molecule has 0 saturated carbocycles. The highest BCUT2D eigenvalue weighted by molar-refractivity contribution is 7.54. The average Bonchev–Trinajstić information content (AvgIpc) is 3.11. The van der Waals surface area contributed by atoms with E-state index in [1.807, 2.05) is 0 Å². The maximum Gasteiger partial charge on any atom is 0.359 e. The Kier molecular flexibility index (Phi) is 10.0. The van der Waals surface area contributed by atoms with Crippen molar-refractivity contribution in [2.24, 2.45) is 5.92 Å². The fourth-order valence-corrected chi connectivity index (χ4v) is 5.44. The summed E-state index contributed by atoms with van der Waals surface area (Å²) >= 11 is 0. The van der Waals surface area contributed by atoms with Gasteiger partial charge in [-0.2, -0.15) is 4.98 Å². The van der Waals surface area contributed by atoms with Gasteiger partial charge in [0.15, 0.2) is 11.6 Å². The Balaban J connectivity index is 2.44. The second-order valence-corrected chi connectivity index (χ2v) is 12.1. The lowest BCUT2D eigenvalue weighted by atomic mass is 9.82. The van der Waals surface area contributed by atoms with Crippen molar-refractivity contribution in [2.45, 2.75) is 103 Å². The molecule has 0 bridgehead atoms. The largest absolute Gasteiger partial charge is 0.461 e. The molecule has 0 radical (unpaired) electrons. The number of esters is 1. The van der Waals surface area contributed by atoms with E-state index in [9.17, 15) is 39.2 Å². The van der Waals surface area contributed by atoms with Crippen LogP contribution in [0, 0.1) is 5.92 Å². The van der Waals surface area contributed by atoms with Crippen molar-refractivity contribution in [3.63, 3.8) is 0 Å². The Morgan fingerprint density at radius 3 is 2.34 bits per heavy atom. The molecule has 1 fully saturated rings. The van der Waals surface area contributed by atoms with E-state index in [-0.39, 0.29) is 30.8 Å². The van der Waals surface area contributed by atoms with Crippen LogP contribution in [-0.2, 0) is 34.8 Å². The number of carbonyl (C=O) groups is 2. The Morgan fingerprint density at radius 2 is 1.84 bits per heavy atom. The molecule has 1 aliphatic rings. The number of aliphatic hydroxyl groups excluding tert-OH is 2. The number of carbonyl (C=O) groups excluding carboxylic acids is 2. The van der Waals surface area contributed by atoms with Crippen LogP contribution in [0.5, 0.6) is 0 Å². The maximum absolute atomic E-state index is 12.9. The summed E-state index contributed by atoms with van der Waals surface area (Å²) in [5, 5.41) is 32.4. The number of amides is 1. The Morgan fingerprint density at radius 1 is 1.24 bits per heavy atom. The molecule has 216 valence electrons. The van der Waals surface area contributed by atoms with Gasteiger partial charge in [0.05, 0.1) is 11.7 Å². The summed E-state index contributed by atoms with van der Waals surface area (Å²) in [6.45, 7) is 9.53. The Hall–Kier alpha value is -2.19. The molecule has 1 aromatic rings. The molecule has 0 spiro atoms. The molecular weight excluding hydrogens is 525 g/mol. The number of nitrogens with one attached hydrogen (secondary N) is 1. The number of ether oxygens (including phenoxy) is 2. The molecule has 1 saturated heterocycles. The second-order valence-electron chi connectivity index (χ2n) is 9.88. The molecule has 0 aromatic carbocycles. The van der Waals surface area contributed by atoms with E-state index in [0.29, 0.717) is 0 Å². The SMILES string of the molecule is CCC(C)(OP(=O)(O)[C@@](C)(O)CC)C(C)[C@H]1O[C@@H](n2cc(COC(C)=O)c(NC(C)=O)nc2=O)[C@H](O)[C@@H]1O. The van der Waals surface area contributed by atoms with Crippen LogP contribution in [0.4, 0.5) is 5.82 Å². The predicted molar refractivity (Wildman–Crippen MR) is 134 cm³/mol. The highest BCUT2D eigenvalue weighted by atomic mass is 31.2. The van der Waals surface area contributed by atoms with Gasteiger partial charge in [-0.25, -0.2) is 4.79 Å². The normalized spacial score (nSPS) is 27.0. The minimum Gasteiger partial charge on any atom is -0.461 e. The monoisotopic (exact) mass is 563 g/mol. The summed E-state index contributed by atoms with van der Waals surface area (Å²) in [6, 6.07) is 0. The van der Waals surface area contributed by atoms with Crippen molar-refractivity contribution in [3.8, 4) is 0 Å². The topological polar surface area (TPSA) is 207 Å². The molecule has 2 rings (SSSR count). The smallest absolute Gasteiger partial charge is 0.359 e. The zero-order valence-electron chi connectivity index (χ0n) is 22.6. The first-order valence-electron chi connectivity index (χ1n) is 12.2. The molecule has 5 N–H and O–H groups in total. The number of rotatable bonds is 11. The number of aliphatic hydroxyl groups is 3. The molecule has 3 unspecified atom stereocenters. The van der Waals surface area contributed by atoms with Crippen molar-refractivity contribution < 1.29 is 48.4 Å². The summed E-state index contributed by atoms with van der Waals surface area (Å²) in [4.78, 5) is 50.0. The van der Waals surface area contributed by atoms with Gasteiger partial charge in [0.2, 0.25) is 5.91 Å². The first-order valence-corrected chi connectivity index (χ1v) is 13.8. The van der Waals surface area contributed by atoms with Crippen LogP contribution < -0.4 is 11.0 Å². The number of hydrogen-bond donors (Lipinski definition) is 5. The van der Waals surface area contributed by atoms with Crippen LogP contribution >= 0.6 is 7.60 Å². The van der Waals surface area contributed by atoms with Crippen molar-refractivity contribution in [3.05, 3.63) is 22.2 Å². The number of aromatic nitrogens is 2. The van der Waals surface area contributed by atoms with Gasteiger partial charge < -0.3 is 35.0 Å². The molecule has 1 amide bonds. The van der Waals surface area contributed by atoms with Crippen molar-refractivity contribution in [2.75, 3.05) is 5.32 Å². The third-order valence-corrected chi connectivity index (χ3v) is 9.27. The average molecular weight is 564 g/mol. The summed E-state index contributed by atoms with van der Waals surface area (Å²) in [5.41, 5.74) is -2.21. The van der Waals surface area contributed by atoms with Crippen LogP contribution in [-0.4, -0.2) is 70.9 Å². The molecular formula is C23H38N3O11P. The first-order chi connectivity index (χ1) is 17.4. The molecule has 8 atom stereocenters. The first kappa shape index (κ1) is 32.0. The van der Waals surface area contributed by atoms with E-state index in [0.717, 1.165) is 4.57 Å².